The molecule has 0 aliphatic rings. The highest BCUT2D eigenvalue weighted by Gasteiger charge is 2.35. The van der Waals surface area contributed by atoms with Gasteiger partial charge in [0.05, 0.1) is 26.1 Å². The normalized spacial score (nSPS) is 14.1. The third kappa shape index (κ3) is 20.7. The Morgan fingerprint density at radius 1 is 0.592 bits per heavy atom. The van der Waals surface area contributed by atoms with Crippen molar-refractivity contribution in [3.8, 4) is 34.5 Å². The number of hydrogen-bond donors (Lipinski definition) is 1. The molecule has 2 aromatic heterocycles. The summed E-state index contributed by atoms with van der Waals surface area (Å²) in [6.07, 6.45) is 2.31. The van der Waals surface area contributed by atoms with Gasteiger partial charge in [0.25, 0.3) is 0 Å². The highest BCUT2D eigenvalue weighted by Crippen LogP contribution is 2.32. The zero-order valence-corrected chi connectivity index (χ0v) is 45.9. The van der Waals surface area contributed by atoms with Gasteiger partial charge in [-0.2, -0.15) is 0 Å². The van der Waals surface area contributed by atoms with Crippen LogP contribution in [0.25, 0.3) is 0 Å². The third-order valence-corrected chi connectivity index (χ3v) is 11.5. The molecule has 8 atom stereocenters. The number of ketones is 2. The number of aromatic nitrogens is 2. The highest BCUT2D eigenvalue weighted by atomic mass is 16.7. The number of benzene rings is 2. The summed E-state index contributed by atoms with van der Waals surface area (Å²) >= 11 is 0. The number of hydrogen-bond acceptors (Lipinski definition) is 19. The monoisotopic (exact) mass is 1060 g/mol. The maximum Gasteiger partial charge on any atom is 0.334 e. The van der Waals surface area contributed by atoms with E-state index in [9.17, 15) is 29.1 Å². The summed E-state index contributed by atoms with van der Waals surface area (Å²) < 4.78 is 61.7. The van der Waals surface area contributed by atoms with Crippen molar-refractivity contribution in [3.05, 3.63) is 96.6 Å². The molecule has 0 unspecified atom stereocenters. The Hall–Kier alpha value is -6.83. The van der Waals surface area contributed by atoms with Crippen molar-refractivity contribution in [1.29, 1.82) is 0 Å². The van der Waals surface area contributed by atoms with Crippen molar-refractivity contribution >= 4 is 29.5 Å². The number of methoxy groups -OCH3 is 2. The van der Waals surface area contributed by atoms with E-state index < -0.39 is 72.5 Å². The van der Waals surface area contributed by atoms with E-state index in [4.69, 9.17) is 52.1 Å². The van der Waals surface area contributed by atoms with E-state index in [0.717, 1.165) is 12.8 Å². The van der Waals surface area contributed by atoms with Gasteiger partial charge in [0.15, 0.2) is 46.0 Å². The van der Waals surface area contributed by atoms with Gasteiger partial charge >= 0.3 is 17.9 Å². The SMILES string of the molecule is CCCO[C@@H]([C@H](C)OC(=O)[C@H](C)CC(=O)c1nccc(OC)c1O)[C@H](CC)Oc1ccccc1.CCCO[C@@H]([C@H](C)OC(=O)[C@H](C)CC(=O)c1nccc(OC)c1OCOC(=O)COCC)[C@H](CC)Oc1ccccc1. The number of carbonyl (C=O) groups excluding carboxylic acids is 5. The first-order valence-electron chi connectivity index (χ1n) is 25.8. The minimum Gasteiger partial charge on any atom is -0.503 e. The minimum absolute atomic E-state index is 0.0000216. The smallest absolute Gasteiger partial charge is 0.334 e. The molecule has 0 spiro atoms. The van der Waals surface area contributed by atoms with Crippen LogP contribution in [0.5, 0.6) is 34.5 Å². The van der Waals surface area contributed by atoms with Gasteiger partial charge in [-0.3, -0.25) is 19.2 Å². The second-order valence-electron chi connectivity index (χ2n) is 17.6. The van der Waals surface area contributed by atoms with Gasteiger partial charge in [0.2, 0.25) is 6.79 Å². The highest BCUT2D eigenvalue weighted by molar-refractivity contribution is 6.00. The lowest BCUT2D eigenvalue weighted by Gasteiger charge is -2.32. The fourth-order valence-corrected chi connectivity index (χ4v) is 7.48. The molecule has 0 radical (unpaired) electrons. The van der Waals surface area contributed by atoms with Crippen molar-refractivity contribution in [2.24, 2.45) is 11.8 Å². The molecule has 4 aromatic rings. The predicted molar refractivity (Wildman–Crippen MR) is 281 cm³/mol. The van der Waals surface area contributed by atoms with Crippen molar-refractivity contribution in [3.63, 3.8) is 0 Å². The minimum atomic E-state index is -0.799. The van der Waals surface area contributed by atoms with Crippen molar-refractivity contribution < 1.29 is 81.2 Å². The number of carbonyl (C=O) groups is 5. The number of Topliss-reactive ketones (excluding diaryl/α,β-unsaturated/α-hetero) is 2. The van der Waals surface area contributed by atoms with Gasteiger partial charge in [0.1, 0.15) is 54.7 Å². The Morgan fingerprint density at radius 3 is 1.47 bits per heavy atom. The molecule has 0 aliphatic heterocycles. The Morgan fingerprint density at radius 2 is 1.04 bits per heavy atom. The van der Waals surface area contributed by atoms with Gasteiger partial charge in [0, 0.05) is 57.2 Å². The van der Waals surface area contributed by atoms with Crippen LogP contribution in [0.2, 0.25) is 0 Å². The lowest BCUT2D eigenvalue weighted by Crippen LogP contribution is -2.44. The van der Waals surface area contributed by atoms with E-state index in [0.29, 0.717) is 44.2 Å². The summed E-state index contributed by atoms with van der Waals surface area (Å²) in [6.45, 7) is 17.1. The second kappa shape index (κ2) is 34.7. The van der Waals surface area contributed by atoms with Crippen molar-refractivity contribution in [2.75, 3.05) is 47.4 Å². The number of rotatable bonds is 34. The van der Waals surface area contributed by atoms with Gasteiger partial charge in [-0.1, -0.05) is 77.9 Å². The summed E-state index contributed by atoms with van der Waals surface area (Å²) in [4.78, 5) is 71.5. The molecule has 0 bridgehead atoms. The van der Waals surface area contributed by atoms with Crippen LogP contribution in [0, 0.1) is 11.8 Å². The second-order valence-corrected chi connectivity index (χ2v) is 17.6. The fraction of sp³-hybridized carbons (Fsp3) is 0.526. The van der Waals surface area contributed by atoms with Crippen LogP contribution in [0.1, 0.15) is 122 Å². The number of para-hydroxylation sites is 2. The molecule has 76 heavy (non-hydrogen) atoms. The van der Waals surface area contributed by atoms with E-state index in [1.54, 1.807) is 34.6 Å². The first-order valence-corrected chi connectivity index (χ1v) is 25.8. The Kier molecular flexibility index (Phi) is 29.0. The first-order chi connectivity index (χ1) is 36.6. The predicted octanol–water partition coefficient (Wildman–Crippen LogP) is 9.39. The maximum atomic E-state index is 13.2. The van der Waals surface area contributed by atoms with Gasteiger partial charge in [-0.15, -0.1) is 0 Å². The van der Waals surface area contributed by atoms with Crippen LogP contribution < -0.4 is 23.7 Å². The van der Waals surface area contributed by atoms with Crippen LogP contribution in [0.3, 0.4) is 0 Å². The number of ether oxygens (including phenoxy) is 11. The Labute approximate surface area is 447 Å². The topological polar surface area (TPSA) is 233 Å². The van der Waals surface area contributed by atoms with Gasteiger partial charge < -0.3 is 57.2 Å². The van der Waals surface area contributed by atoms with E-state index in [-0.39, 0.29) is 66.0 Å². The molecule has 19 nitrogen and oxygen atoms in total. The molecule has 0 aliphatic carbocycles. The standard InChI is InChI=1S/C31H43NO10.C26H35NO7/c1-7-17-38-29(25(8-2)42-23-13-11-10-12-14-23)22(5)41-31(35)21(4)18-24(33)28-30(26(36-6)15-16-32-28)40-20-39-27(34)19-37-9-3;1-6-15-32-25(21(7-2)34-19-11-9-8-10-12-19)18(4)33-26(30)17(3)16-20(28)23-24(29)22(31-5)13-14-27-23/h10-16,21-22,25,29H,7-9,17-20H2,1-6H3;8-14,17-18,21,25,29H,6-7,15-16H2,1-5H3/t21-,22+,25+,29+;17-,18+,21+,25+/m11/s1. The third-order valence-electron chi connectivity index (χ3n) is 11.5. The zero-order chi connectivity index (χ0) is 56.0. The molecular formula is C57H78N2O17. The summed E-state index contributed by atoms with van der Waals surface area (Å²) in [5.74, 6) is -2.81. The molecule has 1 N–H and O–H groups in total. The molecule has 418 valence electrons. The lowest BCUT2D eigenvalue weighted by molar-refractivity contribution is -0.166. The van der Waals surface area contributed by atoms with Crippen LogP contribution in [0.15, 0.2) is 85.2 Å². The number of pyridine rings is 2. The first kappa shape index (κ1) is 63.5. The molecule has 19 heteroatoms. The molecular weight excluding hydrogens is 985 g/mol. The summed E-state index contributed by atoms with van der Waals surface area (Å²) in [5.41, 5.74) is -0.201. The van der Waals surface area contributed by atoms with E-state index >= 15 is 0 Å². The quantitative estimate of drug-likeness (QED) is 0.0199. The Balaban J connectivity index is 0.000000409. The lowest BCUT2D eigenvalue weighted by atomic mass is 10.0. The maximum absolute atomic E-state index is 13.2. The number of aromatic hydroxyl groups is 1. The Bertz CT molecular complexity index is 2350. The van der Waals surface area contributed by atoms with E-state index in [1.165, 1.54) is 38.7 Å². The molecule has 0 fully saturated rings. The largest absolute Gasteiger partial charge is 0.503 e. The van der Waals surface area contributed by atoms with E-state index in [2.05, 4.69) is 9.97 Å². The molecule has 0 saturated heterocycles. The summed E-state index contributed by atoms with van der Waals surface area (Å²) in [7, 11) is 2.79. The van der Waals surface area contributed by atoms with Gasteiger partial charge in [-0.05, 0) is 70.7 Å². The fourth-order valence-electron chi connectivity index (χ4n) is 7.48. The molecule has 2 heterocycles. The zero-order valence-electron chi connectivity index (χ0n) is 45.9. The van der Waals surface area contributed by atoms with Crippen LogP contribution in [-0.4, -0.2) is 129 Å². The molecule has 2 aromatic carbocycles. The van der Waals surface area contributed by atoms with Gasteiger partial charge in [-0.25, -0.2) is 14.8 Å². The van der Waals surface area contributed by atoms with Crippen molar-refractivity contribution in [1.82, 2.24) is 9.97 Å². The molecule has 0 saturated carbocycles. The average Bonchev–Trinajstić information content (AvgIpc) is 3.42. The average molecular weight is 1060 g/mol. The summed E-state index contributed by atoms with van der Waals surface area (Å²) in [6, 6.07) is 21.8. The molecule has 4 rings (SSSR count). The van der Waals surface area contributed by atoms with Crippen LogP contribution in [0.4, 0.5) is 0 Å². The number of esters is 3. The van der Waals surface area contributed by atoms with E-state index in [1.807, 2.05) is 88.4 Å². The van der Waals surface area contributed by atoms with Crippen LogP contribution in [-0.2, 0) is 42.8 Å². The van der Waals surface area contributed by atoms with Crippen molar-refractivity contribution in [2.45, 2.75) is 137 Å². The molecule has 0 amide bonds. The number of nitrogens with zero attached hydrogens (tertiary/aromatic N) is 2. The summed E-state index contributed by atoms with van der Waals surface area (Å²) in [5, 5.41) is 10.2. The van der Waals surface area contributed by atoms with Crippen LogP contribution >= 0.6 is 0 Å².